The van der Waals surface area contributed by atoms with Gasteiger partial charge < -0.3 is 10.2 Å². The molecule has 0 unspecified atom stereocenters. The molecule has 1 saturated heterocycles. The molecule has 1 fully saturated rings. The first-order chi connectivity index (χ1) is 12.6. The molecule has 0 bridgehead atoms. The van der Waals surface area contributed by atoms with Crippen LogP contribution in [0, 0.1) is 5.92 Å². The SMILES string of the molecule is CC(C)[C@H](NC(=O)CN1CCCN(c2nccs2)CC1)c1ccccc1. The molecule has 6 heteroatoms. The van der Waals surface area contributed by atoms with E-state index in [4.69, 9.17) is 0 Å². The molecule has 1 aromatic heterocycles. The van der Waals surface area contributed by atoms with Gasteiger partial charge in [0, 0.05) is 37.8 Å². The van der Waals surface area contributed by atoms with Gasteiger partial charge in [-0.25, -0.2) is 4.98 Å². The van der Waals surface area contributed by atoms with Gasteiger partial charge in [-0.05, 0) is 17.9 Å². The van der Waals surface area contributed by atoms with Gasteiger partial charge in [-0.3, -0.25) is 9.69 Å². The van der Waals surface area contributed by atoms with Crippen LogP contribution in [-0.4, -0.2) is 48.5 Å². The van der Waals surface area contributed by atoms with E-state index in [0.29, 0.717) is 12.5 Å². The number of hydrogen-bond donors (Lipinski definition) is 1. The lowest BCUT2D eigenvalue weighted by atomic mass is 9.96. The number of thiazole rings is 1. The molecule has 1 atom stereocenters. The van der Waals surface area contributed by atoms with E-state index in [2.05, 4.69) is 46.1 Å². The fourth-order valence-corrected chi connectivity index (χ4v) is 4.11. The summed E-state index contributed by atoms with van der Waals surface area (Å²) in [5.41, 5.74) is 1.17. The number of anilines is 1. The average molecular weight is 373 g/mol. The Morgan fingerprint density at radius 1 is 1.19 bits per heavy atom. The fourth-order valence-electron chi connectivity index (χ4n) is 3.41. The van der Waals surface area contributed by atoms with Crippen molar-refractivity contribution < 1.29 is 4.79 Å². The van der Waals surface area contributed by atoms with Crippen LogP contribution >= 0.6 is 11.3 Å². The Morgan fingerprint density at radius 2 is 2.00 bits per heavy atom. The second-order valence-corrected chi connectivity index (χ2v) is 8.00. The molecule has 5 nitrogen and oxygen atoms in total. The van der Waals surface area contributed by atoms with Crippen LogP contribution in [0.4, 0.5) is 5.13 Å². The van der Waals surface area contributed by atoms with Crippen molar-refractivity contribution in [3.63, 3.8) is 0 Å². The summed E-state index contributed by atoms with van der Waals surface area (Å²) in [4.78, 5) is 21.6. The highest BCUT2D eigenvalue weighted by atomic mass is 32.1. The lowest BCUT2D eigenvalue weighted by Gasteiger charge is -2.25. The van der Waals surface area contributed by atoms with Gasteiger partial charge >= 0.3 is 0 Å². The van der Waals surface area contributed by atoms with E-state index < -0.39 is 0 Å². The van der Waals surface area contributed by atoms with Crippen molar-refractivity contribution >= 4 is 22.4 Å². The van der Waals surface area contributed by atoms with E-state index in [1.54, 1.807) is 11.3 Å². The number of benzene rings is 1. The number of nitrogens with zero attached hydrogens (tertiary/aromatic N) is 3. The first kappa shape index (κ1) is 18.9. The highest BCUT2D eigenvalue weighted by Gasteiger charge is 2.22. The molecule has 0 aliphatic carbocycles. The van der Waals surface area contributed by atoms with Gasteiger partial charge in [0.25, 0.3) is 0 Å². The summed E-state index contributed by atoms with van der Waals surface area (Å²) in [6.45, 7) is 8.53. The van der Waals surface area contributed by atoms with Crippen LogP contribution in [0.25, 0.3) is 0 Å². The molecule has 26 heavy (non-hydrogen) atoms. The van der Waals surface area contributed by atoms with Crippen molar-refractivity contribution in [1.82, 2.24) is 15.2 Å². The largest absolute Gasteiger partial charge is 0.348 e. The van der Waals surface area contributed by atoms with Gasteiger partial charge in [0.1, 0.15) is 0 Å². The van der Waals surface area contributed by atoms with Crippen LogP contribution in [-0.2, 0) is 4.79 Å². The lowest BCUT2D eigenvalue weighted by Crippen LogP contribution is -2.41. The van der Waals surface area contributed by atoms with Crippen LogP contribution in [0.2, 0.25) is 0 Å². The maximum absolute atomic E-state index is 12.6. The van der Waals surface area contributed by atoms with Crippen molar-refractivity contribution in [1.29, 1.82) is 0 Å². The summed E-state index contributed by atoms with van der Waals surface area (Å²) in [6, 6.07) is 10.3. The molecule has 0 spiro atoms. The number of carbonyl (C=O) groups is 1. The van der Waals surface area contributed by atoms with Gasteiger partial charge in [-0.15, -0.1) is 11.3 Å². The van der Waals surface area contributed by atoms with E-state index in [1.807, 2.05) is 29.8 Å². The van der Waals surface area contributed by atoms with Crippen LogP contribution in [0.5, 0.6) is 0 Å². The summed E-state index contributed by atoms with van der Waals surface area (Å²) in [7, 11) is 0. The summed E-state index contributed by atoms with van der Waals surface area (Å²) >= 11 is 1.68. The van der Waals surface area contributed by atoms with Gasteiger partial charge in [0.2, 0.25) is 5.91 Å². The van der Waals surface area contributed by atoms with Crippen molar-refractivity contribution in [2.45, 2.75) is 26.3 Å². The first-order valence-electron chi connectivity index (χ1n) is 9.34. The minimum absolute atomic E-state index is 0.0579. The van der Waals surface area contributed by atoms with E-state index in [1.165, 1.54) is 5.56 Å². The predicted octanol–water partition coefficient (Wildman–Crippen LogP) is 3.17. The summed E-state index contributed by atoms with van der Waals surface area (Å²) in [5.74, 6) is 0.459. The van der Waals surface area contributed by atoms with E-state index in [0.717, 1.165) is 37.7 Å². The highest BCUT2D eigenvalue weighted by molar-refractivity contribution is 7.13. The van der Waals surface area contributed by atoms with Gasteiger partial charge in [-0.1, -0.05) is 44.2 Å². The zero-order valence-corrected chi connectivity index (χ0v) is 16.4. The molecule has 140 valence electrons. The Bertz CT molecular complexity index is 674. The molecule has 0 saturated carbocycles. The topological polar surface area (TPSA) is 48.5 Å². The van der Waals surface area contributed by atoms with Crippen LogP contribution in [0.1, 0.15) is 31.9 Å². The molecule has 2 aromatic rings. The Kier molecular flexibility index (Phi) is 6.63. The molecule has 1 aliphatic heterocycles. The molecule has 1 N–H and O–H groups in total. The Labute approximate surface area is 160 Å². The van der Waals surface area contributed by atoms with E-state index in [9.17, 15) is 4.79 Å². The number of aromatic nitrogens is 1. The molecular formula is C20H28N4OS. The molecule has 1 aliphatic rings. The third kappa shape index (κ3) is 5.05. The molecule has 1 aromatic carbocycles. The number of carbonyl (C=O) groups excluding carboxylic acids is 1. The predicted molar refractivity (Wildman–Crippen MR) is 108 cm³/mol. The fraction of sp³-hybridized carbons (Fsp3) is 0.500. The van der Waals surface area contributed by atoms with Crippen LogP contribution in [0.15, 0.2) is 41.9 Å². The second kappa shape index (κ2) is 9.14. The Hall–Kier alpha value is -1.92. The van der Waals surface area contributed by atoms with Crippen LogP contribution in [0.3, 0.4) is 0 Å². The van der Waals surface area contributed by atoms with Crippen molar-refractivity contribution in [2.24, 2.45) is 5.92 Å². The van der Waals surface area contributed by atoms with Crippen LogP contribution < -0.4 is 10.2 Å². The highest BCUT2D eigenvalue weighted by Crippen LogP contribution is 2.22. The van der Waals surface area contributed by atoms with Crippen molar-refractivity contribution in [3.8, 4) is 0 Å². The summed E-state index contributed by atoms with van der Waals surface area (Å²) < 4.78 is 0. The third-order valence-electron chi connectivity index (χ3n) is 4.79. The average Bonchev–Trinajstić information content (AvgIpc) is 3.08. The van der Waals surface area contributed by atoms with E-state index >= 15 is 0 Å². The Morgan fingerprint density at radius 3 is 2.69 bits per heavy atom. The zero-order chi connectivity index (χ0) is 18.4. The number of amides is 1. The zero-order valence-electron chi connectivity index (χ0n) is 15.6. The monoisotopic (exact) mass is 372 g/mol. The lowest BCUT2D eigenvalue weighted by molar-refractivity contribution is -0.123. The molecular weight excluding hydrogens is 344 g/mol. The number of nitrogens with one attached hydrogen (secondary N) is 1. The summed E-state index contributed by atoms with van der Waals surface area (Å²) in [5, 5.41) is 6.33. The quantitative estimate of drug-likeness (QED) is 0.846. The number of hydrogen-bond acceptors (Lipinski definition) is 5. The van der Waals surface area contributed by atoms with Crippen molar-refractivity contribution in [2.75, 3.05) is 37.6 Å². The van der Waals surface area contributed by atoms with Gasteiger partial charge in [0.05, 0.1) is 12.6 Å². The first-order valence-corrected chi connectivity index (χ1v) is 10.2. The number of rotatable bonds is 6. The Balaban J connectivity index is 1.54. The molecule has 1 amide bonds. The maximum Gasteiger partial charge on any atom is 0.234 e. The standard InChI is InChI=1S/C20H28N4OS/c1-16(2)19(17-7-4-3-5-8-17)22-18(25)15-23-10-6-11-24(13-12-23)20-21-9-14-26-20/h3-5,7-9,14,16,19H,6,10-13,15H2,1-2H3,(H,22,25)/t19-/m0/s1. The minimum Gasteiger partial charge on any atom is -0.348 e. The van der Waals surface area contributed by atoms with E-state index in [-0.39, 0.29) is 11.9 Å². The minimum atomic E-state index is 0.0579. The van der Waals surface area contributed by atoms with Crippen molar-refractivity contribution in [3.05, 3.63) is 47.5 Å². The maximum atomic E-state index is 12.6. The van der Waals surface area contributed by atoms with Gasteiger partial charge in [-0.2, -0.15) is 0 Å². The summed E-state index contributed by atoms with van der Waals surface area (Å²) in [6.07, 6.45) is 2.91. The molecule has 0 radical (unpaired) electrons. The smallest absolute Gasteiger partial charge is 0.234 e. The van der Waals surface area contributed by atoms with Gasteiger partial charge in [0.15, 0.2) is 5.13 Å². The molecule has 2 heterocycles. The normalized spacial score (nSPS) is 17.1. The third-order valence-corrected chi connectivity index (χ3v) is 5.62. The molecule has 3 rings (SSSR count). The second-order valence-electron chi connectivity index (χ2n) is 7.13.